The second-order valence-corrected chi connectivity index (χ2v) is 10.1. The summed E-state index contributed by atoms with van der Waals surface area (Å²) in [4.78, 5) is 0.239. The molecule has 1 heterocycles. The van der Waals surface area contributed by atoms with E-state index in [0.29, 0.717) is 20.8 Å². The molecule has 0 N–H and O–H groups in total. The average molecular weight is 401 g/mol. The smallest absolute Gasteiger partial charge is 0.184 e. The van der Waals surface area contributed by atoms with E-state index < -0.39 is 20.7 Å². The Hall–Kier alpha value is -1.34. The maximum absolute atomic E-state index is 12.6. The maximum Gasteiger partial charge on any atom is 0.184 e. The van der Waals surface area contributed by atoms with E-state index in [1.165, 1.54) is 12.1 Å². The summed E-state index contributed by atoms with van der Waals surface area (Å²) < 4.78 is 25.1. The third kappa shape index (κ3) is 4.19. The second kappa shape index (κ2) is 7.27. The van der Waals surface area contributed by atoms with Crippen molar-refractivity contribution in [3.05, 3.63) is 64.1 Å². The predicted octanol–water partition coefficient (Wildman–Crippen LogP) is 4.32. The van der Waals surface area contributed by atoms with Crippen LogP contribution in [-0.2, 0) is 15.6 Å². The van der Waals surface area contributed by atoms with Gasteiger partial charge in [-0.1, -0.05) is 35.3 Å². The van der Waals surface area contributed by atoms with Crippen LogP contribution in [0.25, 0.3) is 0 Å². The lowest BCUT2D eigenvalue weighted by atomic mass is 10.2. The molecule has 0 saturated carbocycles. The molecule has 0 spiro atoms. The molecule has 4 nitrogen and oxygen atoms in total. The van der Waals surface area contributed by atoms with E-state index in [0.717, 1.165) is 5.56 Å². The molecule has 0 saturated heterocycles. The van der Waals surface area contributed by atoms with E-state index in [2.05, 4.69) is 10.2 Å². The van der Waals surface area contributed by atoms with E-state index in [1.54, 1.807) is 17.7 Å². The molecular formula is C16H14Cl2N2O2S2. The molecule has 24 heavy (non-hydrogen) atoms. The Morgan fingerprint density at radius 2 is 1.50 bits per heavy atom. The second-order valence-electron chi connectivity index (χ2n) is 5.21. The number of halogens is 2. The van der Waals surface area contributed by atoms with Gasteiger partial charge in [-0.25, -0.2) is 8.42 Å². The fourth-order valence-electron chi connectivity index (χ4n) is 2.20. The molecule has 0 radical (unpaired) electrons. The number of benzene rings is 2. The highest BCUT2D eigenvalue weighted by molar-refractivity contribution is 8.40. The third-order valence-electron chi connectivity index (χ3n) is 3.45. The predicted molar refractivity (Wildman–Crippen MR) is 104 cm³/mol. The molecule has 0 bridgehead atoms. The molecule has 3 rings (SSSR count). The monoisotopic (exact) mass is 400 g/mol. The van der Waals surface area contributed by atoms with Crippen molar-refractivity contribution in [2.24, 2.45) is 10.2 Å². The van der Waals surface area contributed by atoms with Gasteiger partial charge in [0, 0.05) is 15.8 Å². The van der Waals surface area contributed by atoms with E-state index in [4.69, 9.17) is 23.2 Å². The number of hydrogen-bond acceptors (Lipinski definition) is 4. The fourth-order valence-corrected chi connectivity index (χ4v) is 6.09. The van der Waals surface area contributed by atoms with Crippen LogP contribution >= 0.6 is 34.1 Å². The van der Waals surface area contributed by atoms with Crippen molar-refractivity contribution >= 4 is 54.5 Å². The standard InChI is InChI=1S/C16H14Cl2N2O2S2/c17-13-3-1-12(2-4-13)9-23-11-19-20-16(23)10-24(21,22)15-7-5-14(18)6-8-15/h1-8,11,23H,9-10H2. The summed E-state index contributed by atoms with van der Waals surface area (Å²) in [5.41, 5.74) is 2.83. The Kier molecular flexibility index (Phi) is 5.30. The molecule has 8 heteroatoms. The van der Waals surface area contributed by atoms with Crippen LogP contribution in [0.2, 0.25) is 10.0 Å². The van der Waals surface area contributed by atoms with Crippen LogP contribution < -0.4 is 0 Å². The summed E-state index contributed by atoms with van der Waals surface area (Å²) in [6.07, 6.45) is 0. The Bertz CT molecular complexity index is 893. The molecule has 1 atom stereocenters. The zero-order valence-corrected chi connectivity index (χ0v) is 15.7. The van der Waals surface area contributed by atoms with Gasteiger partial charge in [0.2, 0.25) is 0 Å². The van der Waals surface area contributed by atoms with Crippen molar-refractivity contribution in [2.75, 3.05) is 5.75 Å². The van der Waals surface area contributed by atoms with Gasteiger partial charge in [0.15, 0.2) is 9.84 Å². The first kappa shape index (κ1) is 17.5. The van der Waals surface area contributed by atoms with E-state index in [9.17, 15) is 8.42 Å². The van der Waals surface area contributed by atoms with Gasteiger partial charge >= 0.3 is 0 Å². The first-order valence-electron chi connectivity index (χ1n) is 7.03. The van der Waals surface area contributed by atoms with Gasteiger partial charge in [-0.05, 0) is 42.0 Å². The van der Waals surface area contributed by atoms with E-state index >= 15 is 0 Å². The largest absolute Gasteiger partial charge is 0.223 e. The van der Waals surface area contributed by atoms with Gasteiger partial charge in [-0.2, -0.15) is 16.0 Å². The lowest BCUT2D eigenvalue weighted by Crippen LogP contribution is -2.16. The summed E-state index contributed by atoms with van der Waals surface area (Å²) in [5.74, 6) is 0.568. The molecule has 0 aliphatic carbocycles. The molecule has 126 valence electrons. The molecule has 2 aromatic carbocycles. The molecule has 0 aromatic heterocycles. The molecule has 1 aliphatic heterocycles. The van der Waals surface area contributed by atoms with Gasteiger partial charge in [-0.15, -0.1) is 5.10 Å². The zero-order chi connectivity index (χ0) is 17.2. The van der Waals surface area contributed by atoms with Gasteiger partial charge in [0.25, 0.3) is 0 Å². The van der Waals surface area contributed by atoms with Crippen LogP contribution in [0.5, 0.6) is 0 Å². The molecule has 0 amide bonds. The quantitative estimate of drug-likeness (QED) is 0.759. The van der Waals surface area contributed by atoms with Crippen LogP contribution in [-0.4, -0.2) is 24.8 Å². The summed E-state index contributed by atoms with van der Waals surface area (Å²) in [6, 6.07) is 13.7. The van der Waals surface area contributed by atoms with E-state index in [-0.39, 0.29) is 10.6 Å². The number of rotatable bonds is 5. The Balaban J connectivity index is 1.74. The van der Waals surface area contributed by atoms with Crippen LogP contribution in [0.3, 0.4) is 0 Å². The summed E-state index contributed by atoms with van der Waals surface area (Å²) in [5, 5.41) is 9.75. The van der Waals surface area contributed by atoms with Gasteiger partial charge in [0.05, 0.1) is 15.5 Å². The SMILES string of the molecule is O=S(=O)(CC1=NN=C[SH]1Cc1ccc(Cl)cc1)c1ccc(Cl)cc1. The molecule has 1 unspecified atom stereocenters. The molecule has 2 aromatic rings. The Morgan fingerprint density at radius 1 is 0.917 bits per heavy atom. The zero-order valence-electron chi connectivity index (χ0n) is 12.4. The van der Waals surface area contributed by atoms with Crippen LogP contribution in [0.1, 0.15) is 5.56 Å². The van der Waals surface area contributed by atoms with Crippen LogP contribution in [0, 0.1) is 0 Å². The summed E-state index contributed by atoms with van der Waals surface area (Å²) in [7, 11) is -4.31. The topological polar surface area (TPSA) is 58.9 Å². The van der Waals surface area contributed by atoms with Crippen LogP contribution in [0.4, 0.5) is 0 Å². The van der Waals surface area contributed by atoms with Gasteiger partial charge < -0.3 is 0 Å². The normalized spacial score (nSPS) is 18.6. The maximum atomic E-state index is 12.6. The minimum atomic E-state index is -3.47. The molecule has 1 aliphatic rings. The molecule has 0 fully saturated rings. The number of hydrogen-bond donors (Lipinski definition) is 1. The highest BCUT2D eigenvalue weighted by atomic mass is 35.5. The highest BCUT2D eigenvalue weighted by Gasteiger charge is 2.24. The highest BCUT2D eigenvalue weighted by Crippen LogP contribution is 2.34. The average Bonchev–Trinajstić information content (AvgIpc) is 2.96. The van der Waals surface area contributed by atoms with Crippen molar-refractivity contribution in [3.63, 3.8) is 0 Å². The Labute approximate surface area is 153 Å². The first-order chi connectivity index (χ1) is 11.4. The summed E-state index contributed by atoms with van der Waals surface area (Å²) in [6.45, 7) is 0. The van der Waals surface area contributed by atoms with Crippen molar-refractivity contribution in [2.45, 2.75) is 10.6 Å². The summed E-state index contributed by atoms with van der Waals surface area (Å²) >= 11 is 11.7. The van der Waals surface area contributed by atoms with Crippen molar-refractivity contribution < 1.29 is 8.42 Å². The van der Waals surface area contributed by atoms with Crippen molar-refractivity contribution in [1.82, 2.24) is 0 Å². The lowest BCUT2D eigenvalue weighted by Gasteiger charge is -2.15. The van der Waals surface area contributed by atoms with Crippen molar-refractivity contribution in [3.8, 4) is 0 Å². The number of thiol groups is 1. The van der Waals surface area contributed by atoms with Crippen LogP contribution in [0.15, 0.2) is 63.6 Å². The van der Waals surface area contributed by atoms with E-state index in [1.807, 2.05) is 24.3 Å². The number of sulfone groups is 1. The fraction of sp³-hybridized carbons (Fsp3) is 0.125. The third-order valence-corrected chi connectivity index (χ3v) is 7.81. The number of nitrogens with zero attached hydrogens (tertiary/aromatic N) is 2. The van der Waals surface area contributed by atoms with Crippen molar-refractivity contribution in [1.29, 1.82) is 0 Å². The minimum absolute atomic E-state index is 0.131. The lowest BCUT2D eigenvalue weighted by molar-refractivity contribution is 0.600. The first-order valence-corrected chi connectivity index (χ1v) is 11.0. The van der Waals surface area contributed by atoms with Gasteiger partial charge in [0.1, 0.15) is 5.75 Å². The molecular weight excluding hydrogens is 387 g/mol. The Morgan fingerprint density at radius 3 is 2.12 bits per heavy atom. The minimum Gasteiger partial charge on any atom is -0.223 e. The van der Waals surface area contributed by atoms with Gasteiger partial charge in [-0.3, -0.25) is 0 Å².